The summed E-state index contributed by atoms with van der Waals surface area (Å²) in [6.07, 6.45) is 0. The van der Waals surface area contributed by atoms with Gasteiger partial charge in [-0.1, -0.05) is 13.8 Å². The number of hydrogen-bond acceptors (Lipinski definition) is 4. The number of methoxy groups -OCH3 is 2. The number of rotatable bonds is 5. The minimum absolute atomic E-state index is 0.211. The van der Waals surface area contributed by atoms with Crippen molar-refractivity contribution >= 4 is 17.0 Å². The third-order valence-electron chi connectivity index (χ3n) is 3.58. The van der Waals surface area contributed by atoms with Crippen molar-refractivity contribution in [2.45, 2.75) is 19.8 Å². The molecule has 2 rings (SSSR count). The smallest absolute Gasteiger partial charge is 0.306 e. The predicted octanol–water partition coefficient (Wildman–Crippen LogP) is 2.40. The number of hydrogen-bond donors (Lipinski definition) is 2. The van der Waals surface area contributed by atoms with Gasteiger partial charge in [0.15, 0.2) is 11.5 Å². The number of carboxylic acids is 1. The quantitative estimate of drug-likeness (QED) is 0.877. The van der Waals surface area contributed by atoms with Crippen LogP contribution in [0.25, 0.3) is 11.0 Å². The molecule has 0 spiro atoms. The fraction of sp³-hybridized carbons (Fsp3) is 0.429. The number of ether oxygens (including phenoxy) is 2. The van der Waals surface area contributed by atoms with Crippen LogP contribution in [0.1, 0.15) is 25.6 Å². The van der Waals surface area contributed by atoms with Crippen LogP contribution in [0.4, 0.5) is 0 Å². The molecule has 20 heavy (non-hydrogen) atoms. The number of aromatic amines is 1. The molecule has 0 radical (unpaired) electrons. The third kappa shape index (κ3) is 2.41. The maximum absolute atomic E-state index is 11.0. The highest BCUT2D eigenvalue weighted by atomic mass is 16.5. The number of aliphatic carboxylic acids is 1. The van der Waals surface area contributed by atoms with Gasteiger partial charge in [-0.2, -0.15) is 0 Å². The van der Waals surface area contributed by atoms with Crippen molar-refractivity contribution in [3.05, 3.63) is 18.0 Å². The van der Waals surface area contributed by atoms with Crippen molar-refractivity contribution in [2.24, 2.45) is 5.92 Å². The minimum atomic E-state index is -0.840. The molecule has 2 unspecified atom stereocenters. The number of imidazole rings is 1. The summed E-state index contributed by atoms with van der Waals surface area (Å²) >= 11 is 0. The molecule has 1 heterocycles. The molecule has 0 aliphatic heterocycles. The predicted molar refractivity (Wildman–Crippen MR) is 74.4 cm³/mol. The van der Waals surface area contributed by atoms with Gasteiger partial charge in [-0.05, 0) is 0 Å². The molecule has 0 aliphatic carbocycles. The fourth-order valence-electron chi connectivity index (χ4n) is 2.02. The van der Waals surface area contributed by atoms with Crippen LogP contribution < -0.4 is 9.47 Å². The Morgan fingerprint density at radius 2 is 1.85 bits per heavy atom. The first-order chi connectivity index (χ1) is 9.47. The number of H-pyrrole nitrogens is 1. The van der Waals surface area contributed by atoms with E-state index in [1.807, 2.05) is 6.92 Å². The molecule has 2 aromatic rings. The Morgan fingerprint density at radius 3 is 2.40 bits per heavy atom. The molecule has 0 amide bonds. The van der Waals surface area contributed by atoms with Gasteiger partial charge >= 0.3 is 5.97 Å². The zero-order valence-corrected chi connectivity index (χ0v) is 11.9. The molecule has 2 atom stereocenters. The van der Waals surface area contributed by atoms with Crippen LogP contribution in [-0.4, -0.2) is 35.3 Å². The molecule has 0 saturated heterocycles. The molecule has 6 nitrogen and oxygen atoms in total. The molecule has 108 valence electrons. The van der Waals surface area contributed by atoms with Gasteiger partial charge in [0.25, 0.3) is 0 Å². The van der Waals surface area contributed by atoms with Crippen LogP contribution in [0.3, 0.4) is 0 Å². The van der Waals surface area contributed by atoms with E-state index in [9.17, 15) is 4.79 Å². The van der Waals surface area contributed by atoms with Gasteiger partial charge in [0.2, 0.25) is 0 Å². The van der Waals surface area contributed by atoms with E-state index in [0.717, 1.165) is 11.0 Å². The molecule has 6 heteroatoms. The van der Waals surface area contributed by atoms with E-state index >= 15 is 0 Å². The van der Waals surface area contributed by atoms with Crippen molar-refractivity contribution < 1.29 is 19.4 Å². The monoisotopic (exact) mass is 278 g/mol. The Kier molecular flexibility index (Phi) is 3.83. The summed E-state index contributed by atoms with van der Waals surface area (Å²) in [4.78, 5) is 18.6. The summed E-state index contributed by atoms with van der Waals surface area (Å²) < 4.78 is 10.5. The topological polar surface area (TPSA) is 84.4 Å². The molecule has 0 saturated carbocycles. The zero-order chi connectivity index (χ0) is 14.9. The summed E-state index contributed by atoms with van der Waals surface area (Å²) in [6, 6.07) is 3.56. The van der Waals surface area contributed by atoms with E-state index < -0.39 is 11.9 Å². The Morgan fingerprint density at radius 1 is 1.25 bits per heavy atom. The molecular formula is C14H18N2O4. The second kappa shape index (κ2) is 5.40. The summed E-state index contributed by atoms with van der Waals surface area (Å²) in [5.41, 5.74) is 1.52. The lowest BCUT2D eigenvalue weighted by atomic mass is 9.96. The Bertz CT molecular complexity index is 594. The van der Waals surface area contributed by atoms with Crippen LogP contribution >= 0.6 is 0 Å². The van der Waals surface area contributed by atoms with E-state index in [4.69, 9.17) is 14.6 Å². The Hall–Kier alpha value is -2.24. The molecule has 1 aromatic heterocycles. The highest BCUT2D eigenvalue weighted by Crippen LogP contribution is 2.32. The van der Waals surface area contributed by atoms with Gasteiger partial charge in [0.05, 0.1) is 31.2 Å². The maximum Gasteiger partial charge on any atom is 0.306 e. The number of aromatic nitrogens is 2. The highest BCUT2D eigenvalue weighted by molar-refractivity contribution is 5.80. The first kappa shape index (κ1) is 14.2. The van der Waals surface area contributed by atoms with Gasteiger partial charge in [-0.3, -0.25) is 4.79 Å². The van der Waals surface area contributed by atoms with Gasteiger partial charge in [0, 0.05) is 18.1 Å². The molecular weight excluding hydrogens is 260 g/mol. The molecule has 0 aliphatic rings. The lowest BCUT2D eigenvalue weighted by molar-refractivity contribution is -0.141. The SMILES string of the molecule is COc1cc2nc(C(C)C(C)C(=O)O)[nH]c2cc1OC. The van der Waals surface area contributed by atoms with Gasteiger partial charge in [-0.25, -0.2) is 4.98 Å². The fourth-order valence-corrected chi connectivity index (χ4v) is 2.02. The summed E-state index contributed by atoms with van der Waals surface area (Å²) in [5, 5.41) is 9.07. The number of benzene rings is 1. The van der Waals surface area contributed by atoms with E-state index in [1.165, 1.54) is 0 Å². The van der Waals surface area contributed by atoms with Gasteiger partial charge < -0.3 is 19.6 Å². The molecule has 0 bridgehead atoms. The maximum atomic E-state index is 11.0. The second-order valence-corrected chi connectivity index (χ2v) is 4.76. The Labute approximate surface area is 116 Å². The number of fused-ring (bicyclic) bond motifs is 1. The number of carboxylic acid groups (broad SMARTS) is 1. The average Bonchev–Trinajstić information content (AvgIpc) is 2.86. The number of nitrogens with zero attached hydrogens (tertiary/aromatic N) is 1. The van der Waals surface area contributed by atoms with E-state index in [2.05, 4.69) is 9.97 Å². The van der Waals surface area contributed by atoms with Crippen LogP contribution in [0.2, 0.25) is 0 Å². The summed E-state index contributed by atoms with van der Waals surface area (Å²) in [6.45, 7) is 3.51. The lowest BCUT2D eigenvalue weighted by Crippen LogP contribution is -2.17. The minimum Gasteiger partial charge on any atom is -0.493 e. The van der Waals surface area contributed by atoms with Crippen molar-refractivity contribution in [1.29, 1.82) is 0 Å². The van der Waals surface area contributed by atoms with Crippen LogP contribution in [0, 0.1) is 5.92 Å². The molecule has 0 fully saturated rings. The van der Waals surface area contributed by atoms with Crippen LogP contribution in [-0.2, 0) is 4.79 Å². The highest BCUT2D eigenvalue weighted by Gasteiger charge is 2.24. The number of nitrogens with one attached hydrogen (secondary N) is 1. The summed E-state index contributed by atoms with van der Waals surface area (Å²) in [7, 11) is 3.13. The normalized spacial score (nSPS) is 14.0. The third-order valence-corrected chi connectivity index (χ3v) is 3.58. The second-order valence-electron chi connectivity index (χ2n) is 4.76. The largest absolute Gasteiger partial charge is 0.493 e. The average molecular weight is 278 g/mol. The number of carbonyl (C=O) groups is 1. The van der Waals surface area contributed by atoms with Gasteiger partial charge in [0.1, 0.15) is 5.82 Å². The van der Waals surface area contributed by atoms with Crippen molar-refractivity contribution in [3.8, 4) is 11.5 Å². The molecule has 2 N–H and O–H groups in total. The van der Waals surface area contributed by atoms with Crippen LogP contribution in [0.15, 0.2) is 12.1 Å². The first-order valence-corrected chi connectivity index (χ1v) is 6.32. The zero-order valence-electron chi connectivity index (χ0n) is 11.9. The van der Waals surface area contributed by atoms with Gasteiger partial charge in [-0.15, -0.1) is 0 Å². The standard InChI is InChI=1S/C14H18N2O4/c1-7(8(2)14(17)18)13-15-9-5-11(19-3)12(20-4)6-10(9)16-13/h5-8H,1-4H3,(H,15,16)(H,17,18). The first-order valence-electron chi connectivity index (χ1n) is 6.32. The van der Waals surface area contributed by atoms with Crippen molar-refractivity contribution in [3.63, 3.8) is 0 Å². The van der Waals surface area contributed by atoms with E-state index in [-0.39, 0.29) is 5.92 Å². The summed E-state index contributed by atoms with van der Waals surface area (Å²) in [5.74, 6) is 0.278. The van der Waals surface area contributed by atoms with Crippen molar-refractivity contribution in [2.75, 3.05) is 14.2 Å². The molecule has 1 aromatic carbocycles. The Balaban J connectivity index is 2.45. The lowest BCUT2D eigenvalue weighted by Gasteiger charge is -2.12. The van der Waals surface area contributed by atoms with Crippen LogP contribution in [0.5, 0.6) is 11.5 Å². The van der Waals surface area contributed by atoms with Crippen molar-refractivity contribution in [1.82, 2.24) is 9.97 Å². The van der Waals surface area contributed by atoms with E-state index in [0.29, 0.717) is 17.3 Å². The van der Waals surface area contributed by atoms with E-state index in [1.54, 1.807) is 33.3 Å².